The normalized spacial score (nSPS) is 14.8. The maximum atomic E-state index is 10.8. The maximum Gasteiger partial charge on any atom is 0.358 e. The van der Waals surface area contributed by atoms with Crippen molar-refractivity contribution in [2.75, 3.05) is 11.9 Å². The first-order valence-corrected chi connectivity index (χ1v) is 5.55. The molecule has 1 aliphatic rings. The monoisotopic (exact) mass is 221 g/mol. The minimum Gasteiger partial charge on any atom is -0.476 e. The molecule has 86 valence electrons. The van der Waals surface area contributed by atoms with Gasteiger partial charge in [0.25, 0.3) is 0 Å². The molecule has 2 N–H and O–H groups in total. The zero-order valence-electron chi connectivity index (χ0n) is 9.02. The van der Waals surface area contributed by atoms with E-state index in [0.29, 0.717) is 5.82 Å². The molecule has 0 unspecified atom stereocenters. The van der Waals surface area contributed by atoms with Gasteiger partial charge in [-0.1, -0.05) is 12.8 Å². The van der Waals surface area contributed by atoms with Crippen LogP contribution < -0.4 is 5.32 Å². The summed E-state index contributed by atoms with van der Waals surface area (Å²) in [7, 11) is 0. The van der Waals surface area contributed by atoms with Gasteiger partial charge in [-0.05, 0) is 18.8 Å². The fraction of sp³-hybridized carbons (Fsp3) is 0.545. The van der Waals surface area contributed by atoms with Crippen molar-refractivity contribution in [2.24, 2.45) is 5.92 Å². The van der Waals surface area contributed by atoms with E-state index < -0.39 is 5.97 Å². The van der Waals surface area contributed by atoms with Crippen LogP contribution >= 0.6 is 0 Å². The fourth-order valence-electron chi connectivity index (χ4n) is 1.63. The van der Waals surface area contributed by atoms with Gasteiger partial charge in [-0.25, -0.2) is 14.8 Å². The number of rotatable bonds is 6. The van der Waals surface area contributed by atoms with Gasteiger partial charge in [0.1, 0.15) is 0 Å². The summed E-state index contributed by atoms with van der Waals surface area (Å²) in [5.74, 6) is 0.228. The summed E-state index contributed by atoms with van der Waals surface area (Å²) < 4.78 is 0. The van der Waals surface area contributed by atoms with Crippen molar-refractivity contribution < 1.29 is 9.90 Å². The first kappa shape index (κ1) is 10.9. The number of carbonyl (C=O) groups is 1. The van der Waals surface area contributed by atoms with Crippen molar-refractivity contribution in [3.05, 3.63) is 18.1 Å². The van der Waals surface area contributed by atoms with Gasteiger partial charge in [-0.3, -0.25) is 0 Å². The van der Waals surface area contributed by atoms with Crippen LogP contribution in [0.1, 0.15) is 36.2 Å². The zero-order chi connectivity index (χ0) is 11.4. The molecule has 1 fully saturated rings. The Hall–Kier alpha value is -1.65. The molecular weight excluding hydrogens is 206 g/mol. The highest BCUT2D eigenvalue weighted by Gasteiger charge is 2.20. The standard InChI is InChI=1S/C11H15N3O2/c15-11(16)9-10(14-7-6-12-9)13-5-1-2-8-3-4-8/h6-8H,1-5H2,(H,13,14)(H,15,16). The van der Waals surface area contributed by atoms with Crippen LogP contribution in [0.25, 0.3) is 0 Å². The molecule has 0 bridgehead atoms. The van der Waals surface area contributed by atoms with Crippen molar-refractivity contribution in [3.8, 4) is 0 Å². The zero-order valence-corrected chi connectivity index (χ0v) is 9.02. The van der Waals surface area contributed by atoms with Gasteiger partial charge in [0.15, 0.2) is 11.5 Å². The topological polar surface area (TPSA) is 75.1 Å². The van der Waals surface area contributed by atoms with Crippen molar-refractivity contribution in [1.82, 2.24) is 9.97 Å². The SMILES string of the molecule is O=C(O)c1nccnc1NCCCC1CC1. The fourth-order valence-corrected chi connectivity index (χ4v) is 1.63. The lowest BCUT2D eigenvalue weighted by Gasteiger charge is -2.06. The van der Waals surface area contributed by atoms with Crippen LogP contribution in [0, 0.1) is 5.92 Å². The summed E-state index contributed by atoms with van der Waals surface area (Å²) in [6, 6.07) is 0. The first-order chi connectivity index (χ1) is 7.77. The van der Waals surface area contributed by atoms with Crippen molar-refractivity contribution in [1.29, 1.82) is 0 Å². The molecule has 1 aliphatic carbocycles. The van der Waals surface area contributed by atoms with Gasteiger partial charge in [0, 0.05) is 18.9 Å². The highest BCUT2D eigenvalue weighted by atomic mass is 16.4. The molecule has 1 aromatic heterocycles. The van der Waals surface area contributed by atoms with Crippen molar-refractivity contribution in [3.63, 3.8) is 0 Å². The van der Waals surface area contributed by atoms with E-state index in [0.717, 1.165) is 18.9 Å². The Morgan fingerprint density at radius 3 is 2.88 bits per heavy atom. The molecule has 1 heterocycles. The molecule has 0 radical (unpaired) electrons. The van der Waals surface area contributed by atoms with Crippen molar-refractivity contribution in [2.45, 2.75) is 25.7 Å². The minimum absolute atomic E-state index is 0.00563. The third-order valence-electron chi connectivity index (χ3n) is 2.68. The highest BCUT2D eigenvalue weighted by Crippen LogP contribution is 2.33. The van der Waals surface area contributed by atoms with E-state index in [9.17, 15) is 4.79 Å². The molecule has 0 saturated heterocycles. The van der Waals surface area contributed by atoms with Gasteiger partial charge >= 0.3 is 5.97 Å². The lowest BCUT2D eigenvalue weighted by Crippen LogP contribution is -2.11. The van der Waals surface area contributed by atoms with Crippen LogP contribution in [-0.2, 0) is 0 Å². The predicted molar refractivity (Wildman–Crippen MR) is 59.4 cm³/mol. The largest absolute Gasteiger partial charge is 0.476 e. The van der Waals surface area contributed by atoms with E-state index >= 15 is 0 Å². The molecule has 2 rings (SSSR count). The number of nitrogens with one attached hydrogen (secondary N) is 1. The van der Waals surface area contributed by atoms with Crippen LogP contribution in [0.5, 0.6) is 0 Å². The number of aromatic nitrogens is 2. The number of carboxylic acids is 1. The van der Waals surface area contributed by atoms with E-state index in [1.54, 1.807) is 0 Å². The molecule has 0 amide bonds. The predicted octanol–water partition coefficient (Wildman–Crippen LogP) is 1.78. The smallest absolute Gasteiger partial charge is 0.358 e. The van der Waals surface area contributed by atoms with Crippen molar-refractivity contribution >= 4 is 11.8 Å². The number of hydrogen-bond donors (Lipinski definition) is 2. The Morgan fingerprint density at radius 2 is 2.19 bits per heavy atom. The first-order valence-electron chi connectivity index (χ1n) is 5.55. The molecule has 0 aliphatic heterocycles. The van der Waals surface area contributed by atoms with Crippen LogP contribution in [0.3, 0.4) is 0 Å². The molecule has 0 spiro atoms. The van der Waals surface area contributed by atoms with E-state index in [1.165, 1.54) is 31.7 Å². The average molecular weight is 221 g/mol. The second-order valence-electron chi connectivity index (χ2n) is 4.07. The second-order valence-corrected chi connectivity index (χ2v) is 4.07. The van der Waals surface area contributed by atoms with E-state index in [2.05, 4.69) is 15.3 Å². The summed E-state index contributed by atoms with van der Waals surface area (Å²) in [4.78, 5) is 18.6. The second kappa shape index (κ2) is 4.92. The van der Waals surface area contributed by atoms with Crippen LogP contribution in [0.4, 0.5) is 5.82 Å². The minimum atomic E-state index is -1.04. The van der Waals surface area contributed by atoms with Crippen LogP contribution in [0.2, 0.25) is 0 Å². The molecule has 0 aromatic carbocycles. The number of aromatic carboxylic acids is 1. The molecule has 1 aromatic rings. The number of anilines is 1. The Kier molecular flexibility index (Phi) is 3.34. The third-order valence-corrected chi connectivity index (χ3v) is 2.68. The Balaban J connectivity index is 1.84. The van der Waals surface area contributed by atoms with Gasteiger partial charge < -0.3 is 10.4 Å². The molecular formula is C11H15N3O2. The summed E-state index contributed by atoms with van der Waals surface area (Å²) in [6.07, 6.45) is 7.86. The number of hydrogen-bond acceptors (Lipinski definition) is 4. The Labute approximate surface area is 93.9 Å². The van der Waals surface area contributed by atoms with E-state index in [-0.39, 0.29) is 5.69 Å². The molecule has 5 nitrogen and oxygen atoms in total. The van der Waals surface area contributed by atoms with E-state index in [4.69, 9.17) is 5.11 Å². The molecule has 16 heavy (non-hydrogen) atoms. The third kappa shape index (κ3) is 2.92. The van der Waals surface area contributed by atoms with Gasteiger partial charge in [0.05, 0.1) is 0 Å². The average Bonchev–Trinajstić information content (AvgIpc) is 3.08. The molecule has 5 heteroatoms. The number of carboxylic acid groups (broad SMARTS) is 1. The summed E-state index contributed by atoms with van der Waals surface area (Å²) in [5, 5.41) is 11.9. The van der Waals surface area contributed by atoms with Crippen LogP contribution in [0.15, 0.2) is 12.4 Å². The summed E-state index contributed by atoms with van der Waals surface area (Å²) in [5.41, 5.74) is -0.00563. The quantitative estimate of drug-likeness (QED) is 0.716. The van der Waals surface area contributed by atoms with Crippen LogP contribution in [-0.4, -0.2) is 27.6 Å². The number of nitrogens with zero attached hydrogens (tertiary/aromatic N) is 2. The lowest BCUT2D eigenvalue weighted by atomic mass is 10.2. The summed E-state index contributed by atoms with van der Waals surface area (Å²) >= 11 is 0. The van der Waals surface area contributed by atoms with Gasteiger partial charge in [0.2, 0.25) is 0 Å². The Bertz CT molecular complexity index is 377. The Morgan fingerprint density at radius 1 is 1.44 bits per heavy atom. The molecule has 1 saturated carbocycles. The molecule has 0 atom stereocenters. The highest BCUT2D eigenvalue weighted by molar-refractivity contribution is 5.90. The van der Waals surface area contributed by atoms with Gasteiger partial charge in [-0.15, -0.1) is 0 Å². The van der Waals surface area contributed by atoms with Gasteiger partial charge in [-0.2, -0.15) is 0 Å². The van der Waals surface area contributed by atoms with E-state index in [1.807, 2.05) is 0 Å². The maximum absolute atomic E-state index is 10.8. The summed E-state index contributed by atoms with van der Waals surface area (Å²) in [6.45, 7) is 0.759. The lowest BCUT2D eigenvalue weighted by molar-refractivity contribution is 0.0691.